The first-order chi connectivity index (χ1) is 14.6. The molecule has 2 amide bonds. The van der Waals surface area contributed by atoms with Crippen molar-refractivity contribution in [3.05, 3.63) is 24.3 Å². The predicted octanol–water partition coefficient (Wildman–Crippen LogP) is 2.39. The topological polar surface area (TPSA) is 110 Å². The van der Waals surface area contributed by atoms with E-state index in [2.05, 4.69) is 20.6 Å². The van der Waals surface area contributed by atoms with Gasteiger partial charge in [0.1, 0.15) is 17.8 Å². The molecular weight excluding hydrogens is 384 g/mol. The van der Waals surface area contributed by atoms with Gasteiger partial charge in [0.25, 0.3) is 5.91 Å². The van der Waals surface area contributed by atoms with Crippen LogP contribution in [0.15, 0.2) is 18.6 Å². The molecule has 0 spiro atoms. The fraction of sp³-hybridized carbons (Fsp3) is 0.682. The fourth-order valence-corrected chi connectivity index (χ4v) is 4.70. The number of amides is 2. The SMILES string of the molecule is COC(=O)[C@@H](NC(=O)[C@@H](NC(=O)c1cnccn1)C1CCCCC1)C1CCCCC1. The molecule has 2 fully saturated rings. The molecule has 0 aromatic carbocycles. The predicted molar refractivity (Wildman–Crippen MR) is 110 cm³/mol. The number of nitrogens with one attached hydrogen (secondary N) is 2. The van der Waals surface area contributed by atoms with Gasteiger partial charge in [-0.3, -0.25) is 14.6 Å². The van der Waals surface area contributed by atoms with E-state index >= 15 is 0 Å². The summed E-state index contributed by atoms with van der Waals surface area (Å²) in [5.74, 6) is -1.07. The Morgan fingerprint density at radius 2 is 1.50 bits per heavy atom. The molecule has 30 heavy (non-hydrogen) atoms. The van der Waals surface area contributed by atoms with Crippen molar-refractivity contribution in [2.75, 3.05) is 7.11 Å². The maximum atomic E-state index is 13.3. The lowest BCUT2D eigenvalue weighted by Crippen LogP contribution is -2.56. The van der Waals surface area contributed by atoms with E-state index in [9.17, 15) is 14.4 Å². The van der Waals surface area contributed by atoms with Crippen LogP contribution in [0.3, 0.4) is 0 Å². The van der Waals surface area contributed by atoms with Crippen molar-refractivity contribution in [3.8, 4) is 0 Å². The molecule has 2 atom stereocenters. The molecule has 2 aliphatic carbocycles. The summed E-state index contributed by atoms with van der Waals surface area (Å²) in [6.07, 6.45) is 14.3. The number of hydrogen-bond donors (Lipinski definition) is 2. The third kappa shape index (κ3) is 5.77. The number of aromatic nitrogens is 2. The highest BCUT2D eigenvalue weighted by molar-refractivity contribution is 5.96. The maximum Gasteiger partial charge on any atom is 0.328 e. The molecule has 2 saturated carbocycles. The molecule has 0 bridgehead atoms. The minimum atomic E-state index is -0.712. The molecule has 1 heterocycles. The van der Waals surface area contributed by atoms with Gasteiger partial charge >= 0.3 is 5.97 Å². The molecular formula is C22H32N4O4. The smallest absolute Gasteiger partial charge is 0.328 e. The van der Waals surface area contributed by atoms with E-state index in [0.717, 1.165) is 64.2 Å². The van der Waals surface area contributed by atoms with Gasteiger partial charge in [0.2, 0.25) is 5.91 Å². The lowest BCUT2D eigenvalue weighted by molar-refractivity contribution is -0.147. The largest absolute Gasteiger partial charge is 0.467 e. The zero-order valence-corrected chi connectivity index (χ0v) is 17.6. The molecule has 1 aromatic heterocycles. The first-order valence-corrected chi connectivity index (χ1v) is 11.0. The molecule has 3 rings (SSSR count). The standard InChI is InChI=1S/C22H32N4O4/c1-30-22(29)19(16-10-6-3-7-11-16)26-21(28)18(15-8-4-2-5-9-15)25-20(27)17-14-23-12-13-24-17/h12-16,18-19H,2-11H2,1H3,(H,25,27)(H,26,28)/t18-,19-/m0/s1. The Balaban J connectivity index is 1.75. The lowest BCUT2D eigenvalue weighted by atomic mass is 9.82. The van der Waals surface area contributed by atoms with Crippen molar-refractivity contribution < 1.29 is 19.1 Å². The Morgan fingerprint density at radius 1 is 0.900 bits per heavy atom. The highest BCUT2D eigenvalue weighted by Crippen LogP contribution is 2.29. The number of esters is 1. The summed E-state index contributed by atoms with van der Waals surface area (Å²) >= 11 is 0. The first-order valence-electron chi connectivity index (χ1n) is 11.0. The van der Waals surface area contributed by atoms with Crippen molar-refractivity contribution in [3.63, 3.8) is 0 Å². The summed E-state index contributed by atoms with van der Waals surface area (Å²) in [5.41, 5.74) is 0.169. The van der Waals surface area contributed by atoms with E-state index in [1.807, 2.05) is 0 Å². The van der Waals surface area contributed by atoms with Crippen molar-refractivity contribution in [1.29, 1.82) is 0 Å². The number of hydrogen-bond acceptors (Lipinski definition) is 6. The molecule has 1 aromatic rings. The van der Waals surface area contributed by atoms with Crippen molar-refractivity contribution in [2.45, 2.75) is 76.3 Å². The van der Waals surface area contributed by atoms with Crippen LogP contribution < -0.4 is 10.6 Å². The Bertz CT molecular complexity index is 715. The van der Waals surface area contributed by atoms with Gasteiger partial charge in [-0.15, -0.1) is 0 Å². The zero-order chi connectivity index (χ0) is 21.3. The van der Waals surface area contributed by atoms with Gasteiger partial charge in [-0.1, -0.05) is 38.5 Å². The van der Waals surface area contributed by atoms with E-state index in [4.69, 9.17) is 4.74 Å². The van der Waals surface area contributed by atoms with Crippen molar-refractivity contribution >= 4 is 17.8 Å². The van der Waals surface area contributed by atoms with Crippen LogP contribution in [0.25, 0.3) is 0 Å². The van der Waals surface area contributed by atoms with Gasteiger partial charge in [0.15, 0.2) is 0 Å². The third-order valence-corrected chi connectivity index (χ3v) is 6.36. The van der Waals surface area contributed by atoms with Crippen LogP contribution in [0.5, 0.6) is 0 Å². The Morgan fingerprint density at radius 3 is 2.03 bits per heavy atom. The second-order valence-electron chi connectivity index (χ2n) is 8.35. The fourth-order valence-electron chi connectivity index (χ4n) is 4.70. The minimum absolute atomic E-state index is 0.0315. The first kappa shape index (κ1) is 22.2. The average molecular weight is 417 g/mol. The van der Waals surface area contributed by atoms with Crippen LogP contribution in [0.4, 0.5) is 0 Å². The van der Waals surface area contributed by atoms with Gasteiger partial charge < -0.3 is 15.4 Å². The summed E-state index contributed by atoms with van der Waals surface area (Å²) in [6, 6.07) is -1.39. The molecule has 2 aliphatic rings. The van der Waals surface area contributed by atoms with Gasteiger partial charge in [0, 0.05) is 12.4 Å². The summed E-state index contributed by atoms with van der Waals surface area (Å²) in [5, 5.41) is 5.79. The van der Waals surface area contributed by atoms with E-state index < -0.39 is 24.0 Å². The molecule has 164 valence electrons. The average Bonchev–Trinajstić information content (AvgIpc) is 2.81. The Kier molecular flexibility index (Phi) is 8.16. The van der Waals surface area contributed by atoms with Crippen LogP contribution >= 0.6 is 0 Å². The zero-order valence-electron chi connectivity index (χ0n) is 17.6. The highest BCUT2D eigenvalue weighted by Gasteiger charge is 2.37. The van der Waals surface area contributed by atoms with Crippen molar-refractivity contribution in [2.24, 2.45) is 11.8 Å². The van der Waals surface area contributed by atoms with Crippen LogP contribution in [0.1, 0.15) is 74.7 Å². The normalized spacial score (nSPS) is 20.0. The van der Waals surface area contributed by atoms with Crippen molar-refractivity contribution in [1.82, 2.24) is 20.6 Å². The van der Waals surface area contributed by atoms with Crippen LogP contribution in [-0.2, 0) is 14.3 Å². The van der Waals surface area contributed by atoms with Crippen LogP contribution in [0, 0.1) is 11.8 Å². The molecule has 0 radical (unpaired) electrons. The van der Waals surface area contributed by atoms with Gasteiger partial charge in [0.05, 0.1) is 13.3 Å². The number of carbonyl (C=O) groups excluding carboxylic acids is 3. The minimum Gasteiger partial charge on any atom is -0.467 e. The number of rotatable bonds is 7. The number of ether oxygens (including phenoxy) is 1. The molecule has 2 N–H and O–H groups in total. The molecule has 8 nitrogen and oxygen atoms in total. The summed E-state index contributed by atoms with van der Waals surface area (Å²) < 4.78 is 4.98. The molecule has 0 aliphatic heterocycles. The Hall–Kier alpha value is -2.51. The quantitative estimate of drug-likeness (QED) is 0.661. The van der Waals surface area contributed by atoms with Crippen LogP contribution in [0.2, 0.25) is 0 Å². The Labute approximate surface area is 177 Å². The van der Waals surface area contributed by atoms with Gasteiger partial charge in [-0.2, -0.15) is 0 Å². The highest BCUT2D eigenvalue weighted by atomic mass is 16.5. The van der Waals surface area contributed by atoms with Gasteiger partial charge in [-0.05, 0) is 37.5 Å². The summed E-state index contributed by atoms with van der Waals surface area (Å²) in [6.45, 7) is 0. The van der Waals surface area contributed by atoms with E-state index in [1.54, 1.807) is 0 Å². The van der Waals surface area contributed by atoms with E-state index in [0.29, 0.717) is 0 Å². The van der Waals surface area contributed by atoms with Gasteiger partial charge in [-0.25, -0.2) is 9.78 Å². The third-order valence-electron chi connectivity index (χ3n) is 6.36. The second kappa shape index (κ2) is 11.0. The monoisotopic (exact) mass is 416 g/mol. The molecule has 0 unspecified atom stereocenters. The number of nitrogens with zero attached hydrogens (tertiary/aromatic N) is 2. The summed E-state index contributed by atoms with van der Waals surface area (Å²) in [7, 11) is 1.35. The number of carbonyl (C=O) groups is 3. The summed E-state index contributed by atoms with van der Waals surface area (Å²) in [4.78, 5) is 46.4. The second-order valence-corrected chi connectivity index (χ2v) is 8.35. The van der Waals surface area contributed by atoms with E-state index in [1.165, 1.54) is 25.7 Å². The molecule has 0 saturated heterocycles. The number of methoxy groups -OCH3 is 1. The molecule has 8 heteroatoms. The lowest BCUT2D eigenvalue weighted by Gasteiger charge is -2.33. The maximum absolute atomic E-state index is 13.3. The van der Waals surface area contributed by atoms with Crippen LogP contribution in [-0.4, -0.2) is 46.9 Å². The van der Waals surface area contributed by atoms with E-state index in [-0.39, 0.29) is 23.4 Å².